The molecule has 2 rings (SSSR count). The summed E-state index contributed by atoms with van der Waals surface area (Å²) in [6.45, 7) is 4.11. The fourth-order valence-electron chi connectivity index (χ4n) is 2.45. The van der Waals surface area contributed by atoms with Gasteiger partial charge in [-0.05, 0) is 43.2 Å². The molecule has 0 saturated carbocycles. The zero-order valence-electron chi connectivity index (χ0n) is 14.8. The molecule has 134 valence electrons. The zero-order valence-corrected chi connectivity index (χ0v) is 15.6. The van der Waals surface area contributed by atoms with Crippen LogP contribution >= 0.6 is 0 Å². The van der Waals surface area contributed by atoms with Crippen LogP contribution in [0.5, 0.6) is 0 Å². The predicted octanol–water partition coefficient (Wildman–Crippen LogP) is 3.35. The van der Waals surface area contributed by atoms with Crippen LogP contribution < -0.4 is 9.62 Å². The van der Waals surface area contributed by atoms with Crippen molar-refractivity contribution in [2.45, 2.75) is 26.7 Å². The number of carbonyl (C=O) groups excluding carboxylic acids is 1. The van der Waals surface area contributed by atoms with Crippen LogP contribution in [0.1, 0.15) is 24.5 Å². The molecule has 1 N–H and O–H groups in total. The quantitative estimate of drug-likeness (QED) is 0.823. The van der Waals surface area contributed by atoms with Crippen molar-refractivity contribution >= 4 is 27.3 Å². The summed E-state index contributed by atoms with van der Waals surface area (Å²) in [4.78, 5) is 12.1. The normalized spacial score (nSPS) is 11.2. The lowest BCUT2D eigenvalue weighted by Gasteiger charge is -2.22. The van der Waals surface area contributed by atoms with Crippen LogP contribution in [0, 0.1) is 6.92 Å². The summed E-state index contributed by atoms with van der Waals surface area (Å²) in [6, 6.07) is 14.8. The molecule has 0 heterocycles. The maximum atomic E-state index is 12.1. The van der Waals surface area contributed by atoms with E-state index in [1.165, 1.54) is 4.31 Å². The second kappa shape index (κ2) is 8.16. The molecule has 2 aromatic rings. The van der Waals surface area contributed by atoms with Gasteiger partial charge in [-0.1, -0.05) is 36.8 Å². The summed E-state index contributed by atoms with van der Waals surface area (Å²) in [7, 11) is -3.46. The molecule has 0 aliphatic rings. The van der Waals surface area contributed by atoms with Crippen molar-refractivity contribution in [3.8, 4) is 0 Å². The topological polar surface area (TPSA) is 66.5 Å². The first-order valence-corrected chi connectivity index (χ1v) is 10.1. The van der Waals surface area contributed by atoms with Crippen LogP contribution in [0.2, 0.25) is 0 Å². The van der Waals surface area contributed by atoms with E-state index < -0.39 is 10.0 Å². The second-order valence-corrected chi connectivity index (χ2v) is 7.93. The number of hydrogen-bond donors (Lipinski definition) is 1. The van der Waals surface area contributed by atoms with E-state index in [1.54, 1.807) is 12.1 Å². The van der Waals surface area contributed by atoms with E-state index in [9.17, 15) is 13.2 Å². The van der Waals surface area contributed by atoms with E-state index in [4.69, 9.17) is 0 Å². The largest absolute Gasteiger partial charge is 0.326 e. The first kappa shape index (κ1) is 19.0. The number of rotatable bonds is 7. The molecule has 0 aliphatic carbocycles. The SMILES string of the molecule is CCc1ccc(N(CCC(=O)Nc2ccc(C)cc2)S(C)(=O)=O)cc1. The zero-order chi connectivity index (χ0) is 18.4. The highest BCUT2D eigenvalue weighted by molar-refractivity contribution is 7.92. The summed E-state index contributed by atoms with van der Waals surface area (Å²) in [5.74, 6) is -0.220. The molecule has 0 aliphatic heterocycles. The van der Waals surface area contributed by atoms with Gasteiger partial charge in [0.15, 0.2) is 0 Å². The van der Waals surface area contributed by atoms with Gasteiger partial charge in [-0.15, -0.1) is 0 Å². The van der Waals surface area contributed by atoms with Crippen LogP contribution in [-0.4, -0.2) is 27.1 Å². The minimum atomic E-state index is -3.46. The molecule has 0 aromatic heterocycles. The predicted molar refractivity (Wildman–Crippen MR) is 102 cm³/mol. The number of hydrogen-bond acceptors (Lipinski definition) is 3. The molecule has 0 spiro atoms. The fourth-order valence-corrected chi connectivity index (χ4v) is 3.38. The Bertz CT molecular complexity index is 813. The van der Waals surface area contributed by atoms with E-state index >= 15 is 0 Å². The highest BCUT2D eigenvalue weighted by Crippen LogP contribution is 2.19. The van der Waals surface area contributed by atoms with Gasteiger partial charge in [-0.25, -0.2) is 8.42 Å². The maximum Gasteiger partial charge on any atom is 0.232 e. The van der Waals surface area contributed by atoms with Crippen LogP contribution in [0.3, 0.4) is 0 Å². The molecule has 1 amide bonds. The van der Waals surface area contributed by atoms with Crippen molar-refractivity contribution < 1.29 is 13.2 Å². The molecular weight excluding hydrogens is 336 g/mol. The van der Waals surface area contributed by atoms with Crippen LogP contribution in [0.25, 0.3) is 0 Å². The first-order valence-electron chi connectivity index (χ1n) is 8.23. The van der Waals surface area contributed by atoms with Crippen molar-refractivity contribution in [3.63, 3.8) is 0 Å². The lowest BCUT2D eigenvalue weighted by molar-refractivity contribution is -0.116. The third-order valence-corrected chi connectivity index (χ3v) is 5.10. The molecule has 0 radical (unpaired) electrons. The number of amides is 1. The van der Waals surface area contributed by atoms with Gasteiger partial charge in [-0.3, -0.25) is 9.10 Å². The molecule has 6 heteroatoms. The first-order chi connectivity index (χ1) is 11.8. The Hall–Kier alpha value is -2.34. The molecule has 0 unspecified atom stereocenters. The van der Waals surface area contributed by atoms with Crippen molar-refractivity contribution in [3.05, 3.63) is 59.7 Å². The average Bonchev–Trinajstić information content (AvgIpc) is 2.56. The molecular formula is C19H24N2O3S. The lowest BCUT2D eigenvalue weighted by Crippen LogP contribution is -2.33. The van der Waals surface area contributed by atoms with E-state index in [0.29, 0.717) is 11.4 Å². The van der Waals surface area contributed by atoms with Crippen molar-refractivity contribution in [2.75, 3.05) is 22.4 Å². The summed E-state index contributed by atoms with van der Waals surface area (Å²) in [6.07, 6.45) is 2.12. The molecule has 0 atom stereocenters. The summed E-state index contributed by atoms with van der Waals surface area (Å²) in [5, 5.41) is 2.79. The van der Waals surface area contributed by atoms with Gasteiger partial charge in [0.25, 0.3) is 0 Å². The Morgan fingerprint density at radius 3 is 2.16 bits per heavy atom. The van der Waals surface area contributed by atoms with Gasteiger partial charge in [0.1, 0.15) is 0 Å². The minimum absolute atomic E-state index is 0.0798. The van der Waals surface area contributed by atoms with Gasteiger partial charge in [0, 0.05) is 18.7 Å². The fraction of sp³-hybridized carbons (Fsp3) is 0.316. The van der Waals surface area contributed by atoms with Crippen molar-refractivity contribution in [1.82, 2.24) is 0 Å². The average molecular weight is 360 g/mol. The number of benzene rings is 2. The Morgan fingerprint density at radius 2 is 1.64 bits per heavy atom. The van der Waals surface area contributed by atoms with Crippen LogP contribution in [-0.2, 0) is 21.2 Å². The number of carbonyl (C=O) groups is 1. The standard InChI is InChI=1S/C19H24N2O3S/c1-4-16-7-11-18(12-8-16)21(25(3,23)24)14-13-19(22)20-17-9-5-15(2)6-10-17/h5-12H,4,13-14H2,1-3H3,(H,20,22). The van der Waals surface area contributed by atoms with E-state index in [1.807, 2.05) is 50.2 Å². The lowest BCUT2D eigenvalue weighted by atomic mass is 10.1. The van der Waals surface area contributed by atoms with Crippen molar-refractivity contribution in [2.24, 2.45) is 0 Å². The molecule has 5 nitrogen and oxygen atoms in total. The second-order valence-electron chi connectivity index (χ2n) is 6.02. The molecule has 0 bridgehead atoms. The third-order valence-electron chi connectivity index (χ3n) is 3.91. The van der Waals surface area contributed by atoms with E-state index in [2.05, 4.69) is 5.32 Å². The molecule has 25 heavy (non-hydrogen) atoms. The Labute approximate surface area is 149 Å². The monoisotopic (exact) mass is 360 g/mol. The number of sulfonamides is 1. The third kappa shape index (κ3) is 5.60. The number of anilines is 2. The van der Waals surface area contributed by atoms with Crippen LogP contribution in [0.15, 0.2) is 48.5 Å². The summed E-state index contributed by atoms with van der Waals surface area (Å²) < 4.78 is 25.4. The van der Waals surface area contributed by atoms with Crippen LogP contribution in [0.4, 0.5) is 11.4 Å². The Morgan fingerprint density at radius 1 is 1.04 bits per heavy atom. The van der Waals surface area contributed by atoms with Crippen molar-refractivity contribution in [1.29, 1.82) is 0 Å². The van der Waals surface area contributed by atoms with E-state index in [-0.39, 0.29) is 18.9 Å². The minimum Gasteiger partial charge on any atom is -0.326 e. The number of aryl methyl sites for hydroxylation is 2. The summed E-state index contributed by atoms with van der Waals surface area (Å²) in [5.41, 5.74) is 3.52. The number of nitrogens with zero attached hydrogens (tertiary/aromatic N) is 1. The summed E-state index contributed by atoms with van der Waals surface area (Å²) >= 11 is 0. The van der Waals surface area contributed by atoms with Gasteiger partial charge in [-0.2, -0.15) is 0 Å². The number of nitrogens with one attached hydrogen (secondary N) is 1. The van der Waals surface area contributed by atoms with E-state index in [0.717, 1.165) is 23.8 Å². The molecule has 2 aromatic carbocycles. The highest BCUT2D eigenvalue weighted by Gasteiger charge is 2.18. The highest BCUT2D eigenvalue weighted by atomic mass is 32.2. The van der Waals surface area contributed by atoms with Gasteiger partial charge in [0.05, 0.1) is 11.9 Å². The Balaban J connectivity index is 2.04. The molecule has 0 saturated heterocycles. The van der Waals surface area contributed by atoms with Gasteiger partial charge < -0.3 is 5.32 Å². The smallest absolute Gasteiger partial charge is 0.232 e. The van der Waals surface area contributed by atoms with Gasteiger partial charge in [0.2, 0.25) is 15.9 Å². The van der Waals surface area contributed by atoms with Gasteiger partial charge >= 0.3 is 0 Å². The maximum absolute atomic E-state index is 12.1. The Kier molecular flexibility index (Phi) is 6.20. The molecule has 0 fully saturated rings.